The lowest BCUT2D eigenvalue weighted by Gasteiger charge is -2.10. The molecule has 0 amide bonds. The number of hydrogen-bond donors (Lipinski definition) is 3. The molecule has 0 radical (unpaired) electrons. The summed E-state index contributed by atoms with van der Waals surface area (Å²) in [7, 11) is 0. The van der Waals surface area contributed by atoms with Crippen molar-refractivity contribution in [3.8, 4) is 0 Å². The van der Waals surface area contributed by atoms with Gasteiger partial charge < -0.3 is 16.3 Å². The van der Waals surface area contributed by atoms with Gasteiger partial charge in [-0.25, -0.2) is 4.63 Å². The highest BCUT2D eigenvalue weighted by atomic mass is 16.6. The zero-order valence-corrected chi connectivity index (χ0v) is 10.7. The van der Waals surface area contributed by atoms with Crippen molar-refractivity contribution in [1.29, 1.82) is 0 Å². The van der Waals surface area contributed by atoms with Crippen LogP contribution in [0.25, 0.3) is 0 Å². The van der Waals surface area contributed by atoms with Crippen LogP contribution in [0.1, 0.15) is 31.0 Å². The average Bonchev–Trinajstić information content (AvgIpc) is 2.82. The number of amidine groups is 1. The second kappa shape index (κ2) is 5.38. The maximum Gasteiger partial charge on any atom is 0.203 e. The van der Waals surface area contributed by atoms with E-state index in [1.807, 2.05) is 24.3 Å². The first-order valence-electron chi connectivity index (χ1n) is 5.79. The summed E-state index contributed by atoms with van der Waals surface area (Å²) >= 11 is 0. The molecule has 0 spiro atoms. The molecule has 100 valence electrons. The fraction of sp³-hybridized carbons (Fsp3) is 0.250. The molecule has 1 heterocycles. The van der Waals surface area contributed by atoms with Crippen LogP contribution in [0.15, 0.2) is 34.1 Å². The monoisotopic (exact) mass is 261 g/mol. The molecule has 0 fully saturated rings. The highest BCUT2D eigenvalue weighted by molar-refractivity contribution is 6.09. The van der Waals surface area contributed by atoms with Crippen LogP contribution in [-0.4, -0.2) is 21.4 Å². The third-order valence-electron chi connectivity index (χ3n) is 2.65. The molecule has 1 aromatic carbocycles. The molecule has 0 bridgehead atoms. The molecule has 19 heavy (non-hydrogen) atoms. The predicted molar refractivity (Wildman–Crippen MR) is 71.2 cm³/mol. The van der Waals surface area contributed by atoms with Crippen molar-refractivity contribution in [2.24, 2.45) is 5.16 Å². The van der Waals surface area contributed by atoms with E-state index in [1.54, 1.807) is 0 Å². The highest BCUT2D eigenvalue weighted by Gasteiger charge is 2.15. The number of benzene rings is 1. The van der Waals surface area contributed by atoms with Gasteiger partial charge >= 0.3 is 0 Å². The summed E-state index contributed by atoms with van der Waals surface area (Å²) in [5, 5.41) is 22.1. The van der Waals surface area contributed by atoms with Gasteiger partial charge in [0.2, 0.25) is 5.84 Å². The van der Waals surface area contributed by atoms with E-state index in [9.17, 15) is 0 Å². The molecule has 0 aliphatic rings. The van der Waals surface area contributed by atoms with Gasteiger partial charge in [0.15, 0.2) is 11.5 Å². The molecular weight excluding hydrogens is 246 g/mol. The van der Waals surface area contributed by atoms with E-state index in [0.717, 1.165) is 11.3 Å². The van der Waals surface area contributed by atoms with Gasteiger partial charge in [0.05, 0.1) is 0 Å². The minimum Gasteiger partial charge on any atom is -0.409 e. The van der Waals surface area contributed by atoms with Crippen molar-refractivity contribution in [3.63, 3.8) is 0 Å². The summed E-state index contributed by atoms with van der Waals surface area (Å²) < 4.78 is 4.47. The minimum absolute atomic E-state index is 0.0558. The van der Waals surface area contributed by atoms with Gasteiger partial charge in [0.1, 0.15) is 0 Å². The van der Waals surface area contributed by atoms with E-state index < -0.39 is 0 Å². The zero-order chi connectivity index (χ0) is 13.8. The van der Waals surface area contributed by atoms with E-state index in [-0.39, 0.29) is 17.3 Å². The van der Waals surface area contributed by atoms with Crippen molar-refractivity contribution in [1.82, 2.24) is 10.3 Å². The second-order valence-electron chi connectivity index (χ2n) is 4.35. The molecule has 2 aromatic rings. The molecule has 0 atom stereocenters. The highest BCUT2D eigenvalue weighted by Crippen LogP contribution is 2.19. The maximum absolute atomic E-state index is 9.02. The van der Waals surface area contributed by atoms with Gasteiger partial charge in [-0.15, -0.1) is 0 Å². The first kappa shape index (κ1) is 12.9. The third-order valence-corrected chi connectivity index (χ3v) is 2.65. The zero-order valence-electron chi connectivity index (χ0n) is 10.7. The quantitative estimate of drug-likeness (QED) is 0.337. The van der Waals surface area contributed by atoms with Crippen LogP contribution in [0, 0.1) is 0 Å². The van der Waals surface area contributed by atoms with Crippen LogP contribution in [0.2, 0.25) is 0 Å². The first-order valence-corrected chi connectivity index (χ1v) is 5.79. The summed E-state index contributed by atoms with van der Waals surface area (Å²) in [4.78, 5) is 0. The largest absolute Gasteiger partial charge is 0.409 e. The SMILES string of the molecule is CC(C)c1cccc(N/C(=N\O)c2nonc2N)c1. The van der Waals surface area contributed by atoms with E-state index in [4.69, 9.17) is 10.9 Å². The van der Waals surface area contributed by atoms with Crippen molar-refractivity contribution in [2.75, 3.05) is 11.1 Å². The molecule has 0 saturated carbocycles. The van der Waals surface area contributed by atoms with Crippen molar-refractivity contribution < 1.29 is 9.84 Å². The third kappa shape index (κ3) is 2.82. The van der Waals surface area contributed by atoms with Crippen LogP contribution in [0.5, 0.6) is 0 Å². The van der Waals surface area contributed by atoms with Crippen LogP contribution >= 0.6 is 0 Å². The smallest absolute Gasteiger partial charge is 0.203 e. The lowest BCUT2D eigenvalue weighted by Crippen LogP contribution is -2.16. The second-order valence-corrected chi connectivity index (χ2v) is 4.35. The lowest BCUT2D eigenvalue weighted by atomic mass is 10.0. The van der Waals surface area contributed by atoms with Gasteiger partial charge in [-0.2, -0.15) is 0 Å². The first-order chi connectivity index (χ1) is 9.11. The predicted octanol–water partition coefficient (Wildman–Crippen LogP) is 2.02. The molecular formula is C12H15N5O2. The Morgan fingerprint density at radius 2 is 2.21 bits per heavy atom. The Hall–Kier alpha value is -2.57. The van der Waals surface area contributed by atoms with Crippen molar-refractivity contribution >= 4 is 17.3 Å². The number of nitrogens with two attached hydrogens (primary N) is 1. The molecule has 0 saturated heterocycles. The van der Waals surface area contributed by atoms with Gasteiger partial charge in [-0.1, -0.05) is 31.1 Å². The van der Waals surface area contributed by atoms with Gasteiger partial charge in [-0.3, -0.25) is 0 Å². The molecule has 4 N–H and O–H groups in total. The molecule has 2 rings (SSSR count). The van der Waals surface area contributed by atoms with Gasteiger partial charge in [-0.05, 0) is 33.9 Å². The van der Waals surface area contributed by atoms with Crippen LogP contribution in [-0.2, 0) is 0 Å². The summed E-state index contributed by atoms with van der Waals surface area (Å²) in [6.07, 6.45) is 0. The standard InChI is InChI=1S/C12H15N5O2/c1-7(2)8-4-3-5-9(6-8)14-12(15-18)10-11(13)17-19-16-10/h3-7,18H,1-2H3,(H2,13,17)(H,14,15). The number of anilines is 2. The molecule has 0 aliphatic carbocycles. The van der Waals surface area contributed by atoms with Gasteiger partial charge in [0.25, 0.3) is 0 Å². The summed E-state index contributed by atoms with van der Waals surface area (Å²) in [6.45, 7) is 4.19. The Balaban J connectivity index is 2.25. The van der Waals surface area contributed by atoms with Crippen molar-refractivity contribution in [2.45, 2.75) is 19.8 Å². The maximum atomic E-state index is 9.02. The van der Waals surface area contributed by atoms with Crippen LogP contribution < -0.4 is 11.1 Å². The number of nitrogens with one attached hydrogen (secondary N) is 1. The lowest BCUT2D eigenvalue weighted by molar-refractivity contribution is 0.305. The Bertz CT molecular complexity index is 591. The number of nitrogen functional groups attached to an aromatic ring is 1. The molecule has 7 heteroatoms. The van der Waals surface area contributed by atoms with E-state index >= 15 is 0 Å². The number of rotatable bonds is 3. The number of nitrogens with zero attached hydrogens (tertiary/aromatic N) is 3. The van der Waals surface area contributed by atoms with E-state index in [0.29, 0.717) is 5.92 Å². The number of hydrogen-bond acceptors (Lipinski definition) is 6. The summed E-state index contributed by atoms with van der Waals surface area (Å²) in [5.74, 6) is 0.537. The van der Waals surface area contributed by atoms with Gasteiger partial charge in [0, 0.05) is 5.69 Å². The van der Waals surface area contributed by atoms with E-state index in [2.05, 4.69) is 39.3 Å². The normalized spacial score (nSPS) is 11.8. The Morgan fingerprint density at radius 1 is 1.42 bits per heavy atom. The molecule has 7 nitrogen and oxygen atoms in total. The fourth-order valence-corrected chi connectivity index (χ4v) is 1.60. The number of aromatic nitrogens is 2. The Labute approximate surface area is 110 Å². The molecule has 1 aromatic heterocycles. The molecule has 0 unspecified atom stereocenters. The summed E-state index contributed by atoms with van der Waals surface area (Å²) in [5.41, 5.74) is 7.64. The molecule has 0 aliphatic heterocycles. The van der Waals surface area contributed by atoms with Crippen LogP contribution in [0.4, 0.5) is 11.5 Å². The summed E-state index contributed by atoms with van der Waals surface area (Å²) in [6, 6.07) is 7.75. The average molecular weight is 261 g/mol. The number of oxime groups is 1. The topological polar surface area (TPSA) is 110 Å². The van der Waals surface area contributed by atoms with E-state index in [1.165, 1.54) is 0 Å². The van der Waals surface area contributed by atoms with Crippen molar-refractivity contribution in [3.05, 3.63) is 35.5 Å². The fourth-order valence-electron chi connectivity index (χ4n) is 1.60. The Kier molecular flexibility index (Phi) is 3.65. The minimum atomic E-state index is 0.0558. The Morgan fingerprint density at radius 3 is 2.79 bits per heavy atom. The van der Waals surface area contributed by atoms with Crippen LogP contribution in [0.3, 0.4) is 0 Å².